The second-order valence-corrected chi connectivity index (χ2v) is 10.2. The maximum Gasteiger partial charge on any atom is 0.379 e. The average Bonchev–Trinajstić information content (AvgIpc) is 3.55. The van der Waals surface area contributed by atoms with Gasteiger partial charge in [0.2, 0.25) is 5.76 Å². The van der Waals surface area contributed by atoms with E-state index in [4.69, 9.17) is 20.8 Å². The van der Waals surface area contributed by atoms with Gasteiger partial charge in [-0.15, -0.1) is 0 Å². The number of esters is 1. The first-order valence-electron chi connectivity index (χ1n) is 12.6. The number of hydrogen-bond donors (Lipinski definition) is 0. The fraction of sp³-hybridized carbons (Fsp3) is 0.276. The smallest absolute Gasteiger partial charge is 0.379 e. The number of amides is 3. The molecule has 1 saturated heterocycles. The van der Waals surface area contributed by atoms with Crippen molar-refractivity contribution >= 4 is 41.1 Å². The topological polar surface area (TPSA) is 114 Å². The lowest BCUT2D eigenvalue weighted by molar-refractivity contribution is -0.154. The lowest BCUT2D eigenvalue weighted by Crippen LogP contribution is -2.52. The summed E-state index contributed by atoms with van der Waals surface area (Å²) in [6.45, 7) is 1.49. The number of ether oxygens (including phenoxy) is 1. The third-order valence-electron chi connectivity index (χ3n) is 7.13. The molecule has 39 heavy (non-hydrogen) atoms. The van der Waals surface area contributed by atoms with Crippen molar-refractivity contribution in [2.75, 3.05) is 6.54 Å². The maximum atomic E-state index is 13.6. The number of hydrogen-bond acceptors (Lipinski definition) is 7. The molecule has 1 aliphatic heterocycles. The second kappa shape index (κ2) is 10.9. The zero-order valence-corrected chi connectivity index (χ0v) is 21.8. The van der Waals surface area contributed by atoms with Gasteiger partial charge in [0.25, 0.3) is 17.7 Å². The Morgan fingerprint density at radius 1 is 0.949 bits per heavy atom. The number of ketones is 1. The minimum absolute atomic E-state index is 0.0291. The molecular formula is C29H25ClN2O7. The van der Waals surface area contributed by atoms with Gasteiger partial charge in [-0.1, -0.05) is 18.5 Å². The van der Waals surface area contributed by atoms with Crippen molar-refractivity contribution in [1.29, 1.82) is 0 Å². The van der Waals surface area contributed by atoms with Gasteiger partial charge in [0.1, 0.15) is 12.3 Å². The summed E-state index contributed by atoms with van der Waals surface area (Å²) >= 11 is 5.97. The van der Waals surface area contributed by atoms with Crippen LogP contribution in [0.2, 0.25) is 5.02 Å². The molecule has 3 aromatic rings. The Morgan fingerprint density at radius 2 is 1.62 bits per heavy atom. The molecule has 0 N–H and O–H groups in total. The summed E-state index contributed by atoms with van der Waals surface area (Å²) in [7, 11) is 0. The van der Waals surface area contributed by atoms with Gasteiger partial charge in [-0.25, -0.2) is 9.80 Å². The molecule has 0 bridgehead atoms. The van der Waals surface area contributed by atoms with Gasteiger partial charge in [0.05, 0.1) is 18.1 Å². The summed E-state index contributed by atoms with van der Waals surface area (Å²) in [6, 6.07) is 14.8. The van der Waals surface area contributed by atoms with E-state index in [0.717, 1.165) is 16.4 Å². The number of nitrogens with zero attached hydrogens (tertiary/aromatic N) is 2. The summed E-state index contributed by atoms with van der Waals surface area (Å²) in [4.78, 5) is 65.8. The van der Waals surface area contributed by atoms with Crippen molar-refractivity contribution in [2.24, 2.45) is 17.8 Å². The number of benzene rings is 2. The first-order valence-corrected chi connectivity index (χ1v) is 12.9. The lowest BCUT2D eigenvalue weighted by atomic mass is 9.76. The van der Waals surface area contributed by atoms with Crippen LogP contribution in [0.5, 0.6) is 5.75 Å². The van der Waals surface area contributed by atoms with Crippen LogP contribution in [0.15, 0.2) is 71.3 Å². The summed E-state index contributed by atoms with van der Waals surface area (Å²) in [5.74, 6) is -3.33. The van der Waals surface area contributed by atoms with Crippen molar-refractivity contribution in [3.63, 3.8) is 0 Å². The first-order chi connectivity index (χ1) is 18.7. The number of Topliss-reactive ketones (excluding diaryl/α,β-unsaturated/α-hetero) is 1. The molecule has 9 nitrogen and oxygen atoms in total. The van der Waals surface area contributed by atoms with E-state index in [-0.39, 0.29) is 28.6 Å². The minimum Gasteiger partial charge on any atom is -0.457 e. The summed E-state index contributed by atoms with van der Waals surface area (Å²) < 4.78 is 10.2. The van der Waals surface area contributed by atoms with Gasteiger partial charge >= 0.3 is 5.97 Å². The van der Waals surface area contributed by atoms with Crippen LogP contribution in [0, 0.1) is 17.8 Å². The van der Waals surface area contributed by atoms with Crippen LogP contribution in [0.1, 0.15) is 57.5 Å². The van der Waals surface area contributed by atoms with Crippen molar-refractivity contribution in [3.05, 3.63) is 88.8 Å². The molecule has 2 heterocycles. The Balaban J connectivity index is 1.38. The van der Waals surface area contributed by atoms with Crippen molar-refractivity contribution in [1.82, 2.24) is 10.0 Å². The largest absolute Gasteiger partial charge is 0.457 e. The molecule has 0 unspecified atom stereocenters. The highest BCUT2D eigenvalue weighted by Gasteiger charge is 2.52. The molecule has 10 heteroatoms. The number of imide groups is 1. The molecule has 2 fully saturated rings. The van der Waals surface area contributed by atoms with Crippen molar-refractivity contribution < 1.29 is 33.1 Å². The number of halogens is 1. The van der Waals surface area contributed by atoms with Gasteiger partial charge in [-0.05, 0) is 85.8 Å². The molecule has 5 rings (SSSR count). The average molecular weight is 549 g/mol. The van der Waals surface area contributed by atoms with Gasteiger partial charge in [0, 0.05) is 16.1 Å². The second-order valence-electron chi connectivity index (χ2n) is 9.80. The standard InChI is InChI=1S/C29H25ClN2O7/c1-17-4-13-22-23(15-17)28(36)32(27(22)35)31(26(34)19-5-9-20(30)10-6-19)16-24(33)18-7-11-21(12-8-18)39-29(37)25-3-2-14-38-25/h2-3,5-12,14,17,22-23H,4,13,15-16H2,1H3/t17-,22-,23-/m1/s1. The van der Waals surface area contributed by atoms with E-state index in [1.807, 2.05) is 6.92 Å². The van der Waals surface area contributed by atoms with Gasteiger partial charge in [-0.3, -0.25) is 19.2 Å². The van der Waals surface area contributed by atoms with E-state index in [1.54, 1.807) is 6.07 Å². The highest BCUT2D eigenvalue weighted by molar-refractivity contribution is 6.30. The third kappa shape index (κ3) is 5.35. The predicted molar refractivity (Wildman–Crippen MR) is 139 cm³/mol. The summed E-state index contributed by atoms with van der Waals surface area (Å²) in [5, 5.41) is 2.21. The molecule has 0 spiro atoms. The van der Waals surface area contributed by atoms with Crippen LogP contribution in [-0.2, 0) is 9.59 Å². The Labute approximate surface area is 229 Å². The number of rotatable bonds is 7. The van der Waals surface area contributed by atoms with Crippen LogP contribution in [0.3, 0.4) is 0 Å². The number of carbonyl (C=O) groups is 5. The number of fused-ring (bicyclic) bond motifs is 1. The van der Waals surface area contributed by atoms with E-state index in [0.29, 0.717) is 17.9 Å². The molecule has 1 aliphatic carbocycles. The molecule has 0 radical (unpaired) electrons. The van der Waals surface area contributed by atoms with Crippen LogP contribution in [0.25, 0.3) is 0 Å². The SMILES string of the molecule is C[C@@H]1CC[C@H]2C(=O)N(N(CC(=O)c3ccc(OC(=O)c4ccco4)cc3)C(=O)c3ccc(Cl)cc3)C(=O)[C@@H]2C1. The number of hydrazine groups is 1. The molecule has 2 aliphatic rings. The Bertz CT molecular complexity index is 1420. The van der Waals surface area contributed by atoms with Crippen molar-refractivity contribution in [3.8, 4) is 5.75 Å². The fourth-order valence-electron chi connectivity index (χ4n) is 5.07. The zero-order valence-electron chi connectivity index (χ0n) is 21.0. The Morgan fingerprint density at radius 3 is 2.28 bits per heavy atom. The highest BCUT2D eigenvalue weighted by atomic mass is 35.5. The Kier molecular flexibility index (Phi) is 7.34. The van der Waals surface area contributed by atoms with Gasteiger partial charge in [0.15, 0.2) is 5.78 Å². The number of carbonyl (C=O) groups excluding carboxylic acids is 5. The van der Waals surface area contributed by atoms with Crippen LogP contribution >= 0.6 is 11.6 Å². The monoisotopic (exact) mass is 548 g/mol. The molecule has 2 aromatic carbocycles. The summed E-state index contributed by atoms with van der Waals surface area (Å²) in [6.07, 6.45) is 3.28. The first kappa shape index (κ1) is 26.4. The molecule has 200 valence electrons. The lowest BCUT2D eigenvalue weighted by Gasteiger charge is -2.30. The van der Waals surface area contributed by atoms with Crippen LogP contribution in [0.4, 0.5) is 0 Å². The maximum absolute atomic E-state index is 13.6. The highest BCUT2D eigenvalue weighted by Crippen LogP contribution is 2.41. The molecule has 3 atom stereocenters. The van der Waals surface area contributed by atoms with E-state index in [9.17, 15) is 24.0 Å². The quantitative estimate of drug-likeness (QED) is 0.180. The van der Waals surface area contributed by atoms with Crippen molar-refractivity contribution in [2.45, 2.75) is 26.2 Å². The van der Waals surface area contributed by atoms with E-state index >= 15 is 0 Å². The van der Waals surface area contributed by atoms with Gasteiger partial charge in [-0.2, -0.15) is 5.01 Å². The molecule has 1 saturated carbocycles. The Hall–Kier alpha value is -4.24. The van der Waals surface area contributed by atoms with E-state index < -0.39 is 47.9 Å². The molecular weight excluding hydrogens is 524 g/mol. The minimum atomic E-state index is -0.694. The van der Waals surface area contributed by atoms with Crippen LogP contribution < -0.4 is 4.74 Å². The number of furan rings is 1. The van der Waals surface area contributed by atoms with Gasteiger partial charge < -0.3 is 9.15 Å². The zero-order chi connectivity index (χ0) is 27.7. The normalized spacial score (nSPS) is 20.5. The third-order valence-corrected chi connectivity index (χ3v) is 7.39. The molecule has 1 aromatic heterocycles. The van der Waals surface area contributed by atoms with E-state index in [1.165, 1.54) is 60.9 Å². The predicted octanol–water partition coefficient (Wildman–Crippen LogP) is 4.81. The van der Waals surface area contributed by atoms with Crippen LogP contribution in [-0.4, -0.2) is 46.0 Å². The molecule has 3 amide bonds. The summed E-state index contributed by atoms with van der Waals surface area (Å²) in [5.41, 5.74) is 0.378. The fourth-order valence-corrected chi connectivity index (χ4v) is 5.20. The van der Waals surface area contributed by atoms with E-state index in [2.05, 4.69) is 0 Å².